The fourth-order valence-corrected chi connectivity index (χ4v) is 2.18. The standard InChI is InChI=1S/C8H13IN2/c1-6-5-11(7(9)10-6)8(2,3)4/h5H,1-4H3. The second-order valence-corrected chi connectivity index (χ2v) is 4.66. The van der Waals surface area contributed by atoms with E-state index in [0.717, 1.165) is 9.53 Å². The third-order valence-corrected chi connectivity index (χ3v) is 2.27. The highest BCUT2D eigenvalue weighted by atomic mass is 127. The monoisotopic (exact) mass is 264 g/mol. The molecule has 0 amide bonds. The van der Waals surface area contributed by atoms with E-state index >= 15 is 0 Å². The number of hydrogen-bond acceptors (Lipinski definition) is 1. The van der Waals surface area contributed by atoms with Crippen LogP contribution in [0.4, 0.5) is 0 Å². The molecule has 2 nitrogen and oxygen atoms in total. The molecular weight excluding hydrogens is 251 g/mol. The van der Waals surface area contributed by atoms with E-state index in [2.05, 4.69) is 59.1 Å². The van der Waals surface area contributed by atoms with E-state index in [1.165, 1.54) is 0 Å². The quantitative estimate of drug-likeness (QED) is 0.658. The molecule has 0 radical (unpaired) electrons. The van der Waals surface area contributed by atoms with Gasteiger partial charge in [0.15, 0.2) is 3.83 Å². The molecule has 0 saturated heterocycles. The van der Waals surface area contributed by atoms with Crippen molar-refractivity contribution in [2.45, 2.75) is 33.2 Å². The molecule has 1 rings (SSSR count). The van der Waals surface area contributed by atoms with Crippen LogP contribution in [-0.2, 0) is 5.54 Å². The number of halogens is 1. The molecule has 1 aromatic rings. The van der Waals surface area contributed by atoms with Gasteiger partial charge in [0.25, 0.3) is 0 Å². The SMILES string of the molecule is Cc1cn(C(C)(C)C)c(I)n1. The maximum Gasteiger partial charge on any atom is 0.172 e. The van der Waals surface area contributed by atoms with Crippen LogP contribution >= 0.6 is 22.6 Å². The largest absolute Gasteiger partial charge is 0.321 e. The third kappa shape index (κ3) is 1.95. The molecule has 0 aromatic carbocycles. The van der Waals surface area contributed by atoms with Crippen LogP contribution < -0.4 is 0 Å². The lowest BCUT2D eigenvalue weighted by molar-refractivity contribution is 0.388. The Labute approximate surface area is 81.2 Å². The Kier molecular flexibility index (Phi) is 2.27. The lowest BCUT2D eigenvalue weighted by Gasteiger charge is -2.21. The summed E-state index contributed by atoms with van der Waals surface area (Å²) in [5.74, 6) is 0. The van der Waals surface area contributed by atoms with E-state index in [1.54, 1.807) is 0 Å². The number of aromatic nitrogens is 2. The van der Waals surface area contributed by atoms with Crippen molar-refractivity contribution < 1.29 is 0 Å². The summed E-state index contributed by atoms with van der Waals surface area (Å²) in [6, 6.07) is 0. The summed E-state index contributed by atoms with van der Waals surface area (Å²) >= 11 is 2.26. The number of imidazole rings is 1. The van der Waals surface area contributed by atoms with Gasteiger partial charge in [-0.3, -0.25) is 0 Å². The molecule has 0 aliphatic rings. The average molecular weight is 264 g/mol. The fraction of sp³-hybridized carbons (Fsp3) is 0.625. The van der Waals surface area contributed by atoms with Gasteiger partial charge in [0.1, 0.15) is 0 Å². The lowest BCUT2D eigenvalue weighted by Crippen LogP contribution is -2.22. The van der Waals surface area contributed by atoms with E-state index in [1.807, 2.05) is 6.92 Å². The molecule has 1 aromatic heterocycles. The molecule has 1 heterocycles. The van der Waals surface area contributed by atoms with Crippen LogP contribution in [0, 0.1) is 10.8 Å². The fourth-order valence-electron chi connectivity index (χ4n) is 0.939. The summed E-state index contributed by atoms with van der Waals surface area (Å²) in [7, 11) is 0. The second kappa shape index (κ2) is 2.77. The molecule has 3 heteroatoms. The predicted molar refractivity (Wildman–Crippen MR) is 54.7 cm³/mol. The van der Waals surface area contributed by atoms with E-state index < -0.39 is 0 Å². The Hall–Kier alpha value is -0.0600. The highest BCUT2D eigenvalue weighted by Crippen LogP contribution is 2.18. The van der Waals surface area contributed by atoms with Gasteiger partial charge in [-0.05, 0) is 50.3 Å². The van der Waals surface area contributed by atoms with Crippen molar-refractivity contribution in [3.63, 3.8) is 0 Å². The van der Waals surface area contributed by atoms with Gasteiger partial charge < -0.3 is 4.57 Å². The Morgan fingerprint density at radius 1 is 1.45 bits per heavy atom. The smallest absolute Gasteiger partial charge is 0.172 e. The zero-order valence-electron chi connectivity index (χ0n) is 7.35. The number of hydrogen-bond donors (Lipinski definition) is 0. The molecule has 11 heavy (non-hydrogen) atoms. The molecule has 0 aliphatic heterocycles. The molecule has 0 aliphatic carbocycles. The normalized spacial score (nSPS) is 12.1. The minimum absolute atomic E-state index is 0.151. The molecule has 0 unspecified atom stereocenters. The summed E-state index contributed by atoms with van der Waals surface area (Å²) < 4.78 is 3.25. The Bertz CT molecular complexity index is 258. The molecule has 0 fully saturated rings. The van der Waals surface area contributed by atoms with Crippen LogP contribution in [0.25, 0.3) is 0 Å². The topological polar surface area (TPSA) is 17.8 Å². The second-order valence-electron chi connectivity index (χ2n) is 3.69. The molecular formula is C8H13IN2. The van der Waals surface area contributed by atoms with Crippen molar-refractivity contribution in [3.05, 3.63) is 15.7 Å². The predicted octanol–water partition coefficient (Wildman–Crippen LogP) is 2.55. The van der Waals surface area contributed by atoms with Crippen molar-refractivity contribution >= 4 is 22.6 Å². The first-order valence-corrected chi connectivity index (χ1v) is 4.71. The van der Waals surface area contributed by atoms with Crippen LogP contribution in [0.15, 0.2) is 6.20 Å². The summed E-state index contributed by atoms with van der Waals surface area (Å²) in [5.41, 5.74) is 1.24. The highest BCUT2D eigenvalue weighted by molar-refractivity contribution is 14.1. The van der Waals surface area contributed by atoms with Gasteiger partial charge in [0.05, 0.1) is 5.69 Å². The van der Waals surface area contributed by atoms with Gasteiger partial charge in [-0.2, -0.15) is 0 Å². The first kappa shape index (κ1) is 9.03. The van der Waals surface area contributed by atoms with E-state index in [4.69, 9.17) is 0 Å². The lowest BCUT2D eigenvalue weighted by atomic mass is 10.1. The number of nitrogens with zero attached hydrogens (tertiary/aromatic N) is 2. The summed E-state index contributed by atoms with van der Waals surface area (Å²) in [6.45, 7) is 8.55. The zero-order chi connectivity index (χ0) is 8.65. The van der Waals surface area contributed by atoms with Gasteiger partial charge in [0, 0.05) is 11.7 Å². The third-order valence-electron chi connectivity index (χ3n) is 1.51. The van der Waals surface area contributed by atoms with Crippen LogP contribution in [0.5, 0.6) is 0 Å². The van der Waals surface area contributed by atoms with Crippen molar-refractivity contribution in [3.8, 4) is 0 Å². The molecule has 0 bridgehead atoms. The molecule has 62 valence electrons. The Balaban J connectivity index is 3.13. The molecule has 0 N–H and O–H groups in total. The first-order chi connectivity index (χ1) is 4.91. The molecule has 0 saturated carbocycles. The maximum absolute atomic E-state index is 4.33. The van der Waals surface area contributed by atoms with Crippen LogP contribution in [0.2, 0.25) is 0 Å². The van der Waals surface area contributed by atoms with Crippen molar-refractivity contribution in [1.29, 1.82) is 0 Å². The van der Waals surface area contributed by atoms with E-state index in [-0.39, 0.29) is 5.54 Å². The van der Waals surface area contributed by atoms with Crippen LogP contribution in [-0.4, -0.2) is 9.55 Å². The van der Waals surface area contributed by atoms with Crippen molar-refractivity contribution in [1.82, 2.24) is 9.55 Å². The van der Waals surface area contributed by atoms with Gasteiger partial charge >= 0.3 is 0 Å². The van der Waals surface area contributed by atoms with Gasteiger partial charge in [-0.25, -0.2) is 4.98 Å². The molecule has 0 spiro atoms. The average Bonchev–Trinajstić information content (AvgIpc) is 2.08. The van der Waals surface area contributed by atoms with Gasteiger partial charge in [0.2, 0.25) is 0 Å². The van der Waals surface area contributed by atoms with Crippen LogP contribution in [0.1, 0.15) is 26.5 Å². The number of rotatable bonds is 0. The summed E-state index contributed by atoms with van der Waals surface area (Å²) in [6.07, 6.45) is 2.09. The zero-order valence-corrected chi connectivity index (χ0v) is 9.51. The van der Waals surface area contributed by atoms with E-state index in [0.29, 0.717) is 0 Å². The van der Waals surface area contributed by atoms with Crippen LogP contribution in [0.3, 0.4) is 0 Å². The van der Waals surface area contributed by atoms with Gasteiger partial charge in [-0.15, -0.1) is 0 Å². The highest BCUT2D eigenvalue weighted by Gasteiger charge is 2.15. The maximum atomic E-state index is 4.33. The number of aryl methyl sites for hydroxylation is 1. The van der Waals surface area contributed by atoms with Crippen molar-refractivity contribution in [2.24, 2.45) is 0 Å². The van der Waals surface area contributed by atoms with Gasteiger partial charge in [-0.1, -0.05) is 0 Å². The molecule has 0 atom stereocenters. The Morgan fingerprint density at radius 3 is 2.18 bits per heavy atom. The first-order valence-electron chi connectivity index (χ1n) is 3.63. The minimum Gasteiger partial charge on any atom is -0.321 e. The van der Waals surface area contributed by atoms with E-state index in [9.17, 15) is 0 Å². The van der Waals surface area contributed by atoms with Crippen molar-refractivity contribution in [2.75, 3.05) is 0 Å². The Morgan fingerprint density at radius 2 is 2.00 bits per heavy atom. The summed E-state index contributed by atoms with van der Waals surface area (Å²) in [5, 5.41) is 0. The summed E-state index contributed by atoms with van der Waals surface area (Å²) in [4.78, 5) is 4.33. The minimum atomic E-state index is 0.151.